The van der Waals surface area contributed by atoms with Crippen molar-refractivity contribution in [1.82, 2.24) is 15.0 Å². The van der Waals surface area contributed by atoms with Gasteiger partial charge in [-0.15, -0.1) is 0 Å². The third-order valence-corrected chi connectivity index (χ3v) is 7.05. The van der Waals surface area contributed by atoms with Gasteiger partial charge in [-0.25, -0.2) is 4.98 Å². The van der Waals surface area contributed by atoms with Crippen LogP contribution >= 0.6 is 0 Å². The summed E-state index contributed by atoms with van der Waals surface area (Å²) in [6.07, 6.45) is 4.36. The second kappa shape index (κ2) is 8.98. The summed E-state index contributed by atoms with van der Waals surface area (Å²) in [5.41, 5.74) is 3.29. The van der Waals surface area contributed by atoms with Gasteiger partial charge in [0.25, 0.3) is 0 Å². The molecule has 178 valence electrons. The number of hydrogen-bond donors (Lipinski definition) is 1. The van der Waals surface area contributed by atoms with Crippen molar-refractivity contribution in [2.75, 3.05) is 56.4 Å². The maximum Gasteiger partial charge on any atom is 0.228 e. The quantitative estimate of drug-likeness (QED) is 0.612. The average molecular weight is 464 g/mol. The molecule has 0 spiro atoms. The second-order valence-corrected chi connectivity index (χ2v) is 9.06. The summed E-state index contributed by atoms with van der Waals surface area (Å²) >= 11 is 0. The Bertz CT molecular complexity index is 1190. The highest BCUT2D eigenvalue weighted by molar-refractivity contribution is 5.92. The van der Waals surface area contributed by atoms with E-state index in [2.05, 4.69) is 9.80 Å². The Morgan fingerprint density at radius 3 is 2.74 bits per heavy atom. The molecule has 9 heteroatoms. The molecule has 4 fully saturated rings. The van der Waals surface area contributed by atoms with Gasteiger partial charge >= 0.3 is 0 Å². The first-order valence-corrected chi connectivity index (χ1v) is 11.9. The first-order chi connectivity index (χ1) is 16.7. The average Bonchev–Trinajstić information content (AvgIpc) is 2.92. The van der Waals surface area contributed by atoms with Gasteiger partial charge in [-0.2, -0.15) is 4.98 Å². The number of rotatable bonds is 5. The fourth-order valence-electron chi connectivity index (χ4n) is 5.15. The molecule has 2 unspecified atom stereocenters. The number of piperidine rings is 1. The number of aliphatic hydroxyl groups excluding tert-OH is 1. The second-order valence-electron chi connectivity index (χ2n) is 9.06. The van der Waals surface area contributed by atoms with Gasteiger partial charge in [0, 0.05) is 37.0 Å². The van der Waals surface area contributed by atoms with E-state index >= 15 is 0 Å². The first kappa shape index (κ1) is 21.5. The number of morpholine rings is 2. The van der Waals surface area contributed by atoms with Crippen LogP contribution in [0.2, 0.25) is 0 Å². The van der Waals surface area contributed by atoms with Crippen molar-refractivity contribution in [2.45, 2.75) is 31.6 Å². The summed E-state index contributed by atoms with van der Waals surface area (Å²) in [7, 11) is 1.60. The van der Waals surface area contributed by atoms with Crippen molar-refractivity contribution in [1.29, 1.82) is 0 Å². The molecule has 1 N–H and O–H groups in total. The summed E-state index contributed by atoms with van der Waals surface area (Å²) in [4.78, 5) is 19.4. The largest absolute Gasteiger partial charge is 0.496 e. The third kappa shape index (κ3) is 3.83. The van der Waals surface area contributed by atoms with Gasteiger partial charge in [-0.3, -0.25) is 4.98 Å². The summed E-state index contributed by atoms with van der Waals surface area (Å²) in [6.45, 7) is 4.39. The smallest absolute Gasteiger partial charge is 0.228 e. The number of hydrogen-bond acceptors (Lipinski definition) is 9. The Kier molecular flexibility index (Phi) is 5.68. The van der Waals surface area contributed by atoms with Crippen molar-refractivity contribution >= 4 is 22.7 Å². The lowest BCUT2D eigenvalue weighted by Gasteiger charge is -2.46. The molecule has 4 aliphatic rings. The molecule has 2 atom stereocenters. The van der Waals surface area contributed by atoms with Crippen molar-refractivity contribution in [3.8, 4) is 17.0 Å². The number of ether oxygens (including phenoxy) is 3. The van der Waals surface area contributed by atoms with Crippen molar-refractivity contribution in [2.24, 2.45) is 0 Å². The van der Waals surface area contributed by atoms with Crippen LogP contribution in [-0.4, -0.2) is 78.8 Å². The predicted octanol–water partition coefficient (Wildman–Crippen LogP) is 2.40. The molecule has 7 rings (SSSR count). The lowest BCUT2D eigenvalue weighted by Crippen LogP contribution is -2.55. The molecule has 2 aromatic heterocycles. The lowest BCUT2D eigenvalue weighted by molar-refractivity contribution is -0.0227. The van der Waals surface area contributed by atoms with Gasteiger partial charge in [0.15, 0.2) is 0 Å². The molecule has 4 saturated heterocycles. The van der Waals surface area contributed by atoms with Crippen LogP contribution in [0.3, 0.4) is 0 Å². The van der Waals surface area contributed by atoms with Crippen LogP contribution in [0.1, 0.15) is 18.4 Å². The number of nitrogens with zero attached hydrogens (tertiary/aromatic N) is 5. The Labute approximate surface area is 198 Å². The minimum Gasteiger partial charge on any atom is -0.496 e. The Hall–Kier alpha value is -3.01. The van der Waals surface area contributed by atoms with Gasteiger partial charge in [0.1, 0.15) is 11.6 Å². The van der Waals surface area contributed by atoms with E-state index in [4.69, 9.17) is 29.2 Å². The number of fused-ring (bicyclic) bond motifs is 4. The van der Waals surface area contributed by atoms with E-state index in [0.717, 1.165) is 78.6 Å². The van der Waals surface area contributed by atoms with E-state index in [9.17, 15) is 5.11 Å². The van der Waals surface area contributed by atoms with Crippen LogP contribution in [0.15, 0.2) is 30.5 Å². The predicted molar refractivity (Wildman–Crippen MR) is 128 cm³/mol. The van der Waals surface area contributed by atoms with E-state index < -0.39 is 0 Å². The number of methoxy groups -OCH3 is 1. The summed E-state index contributed by atoms with van der Waals surface area (Å²) in [6, 6.07) is 8.08. The van der Waals surface area contributed by atoms with Gasteiger partial charge in [0.2, 0.25) is 5.95 Å². The molecule has 0 aliphatic carbocycles. The van der Waals surface area contributed by atoms with Crippen molar-refractivity contribution in [3.05, 3.63) is 36.0 Å². The summed E-state index contributed by atoms with van der Waals surface area (Å²) in [5.74, 6) is 2.33. The maximum atomic E-state index is 9.75. The Morgan fingerprint density at radius 1 is 1.15 bits per heavy atom. The van der Waals surface area contributed by atoms with Crippen LogP contribution < -0.4 is 14.5 Å². The molecule has 9 nitrogen and oxygen atoms in total. The minimum absolute atomic E-state index is 0.0995. The summed E-state index contributed by atoms with van der Waals surface area (Å²) in [5, 5.41) is 10.7. The maximum absolute atomic E-state index is 9.75. The van der Waals surface area contributed by atoms with Crippen LogP contribution in [0.5, 0.6) is 5.75 Å². The number of pyridine rings is 1. The normalized spacial score (nSPS) is 22.4. The molecule has 3 aromatic rings. The van der Waals surface area contributed by atoms with Gasteiger partial charge in [-0.05, 0) is 37.1 Å². The number of aromatic nitrogens is 3. The van der Waals surface area contributed by atoms with E-state index in [1.165, 1.54) is 0 Å². The highest BCUT2D eigenvalue weighted by Gasteiger charge is 2.36. The zero-order valence-electron chi connectivity index (χ0n) is 19.3. The molecule has 0 radical (unpaired) electrons. The molecule has 1 aromatic carbocycles. The van der Waals surface area contributed by atoms with Crippen LogP contribution in [0, 0.1) is 0 Å². The molecule has 34 heavy (non-hydrogen) atoms. The van der Waals surface area contributed by atoms with Crippen molar-refractivity contribution in [3.63, 3.8) is 0 Å². The van der Waals surface area contributed by atoms with Gasteiger partial charge < -0.3 is 29.1 Å². The summed E-state index contributed by atoms with van der Waals surface area (Å²) < 4.78 is 16.8. The zero-order chi connectivity index (χ0) is 23.1. The van der Waals surface area contributed by atoms with E-state index in [1.807, 2.05) is 30.5 Å². The van der Waals surface area contributed by atoms with Gasteiger partial charge in [-0.1, -0.05) is 0 Å². The van der Waals surface area contributed by atoms with E-state index in [-0.39, 0.29) is 12.7 Å². The topological polar surface area (TPSA) is 93.1 Å². The standard InChI is InChI=1S/C25H29N5O4/c1-32-23-5-2-16(10-17(23)14-31)21-11-22-20(12-26-21)24(30-13-19-4-3-18(30)15-34-19)28-25(27-22)29-6-8-33-9-7-29/h2,5,10-12,18-19,31H,3-4,6-9,13-15H2,1H3. The van der Waals surface area contributed by atoms with E-state index in [1.54, 1.807) is 7.11 Å². The molecule has 6 heterocycles. The molecule has 0 amide bonds. The van der Waals surface area contributed by atoms with Crippen LogP contribution in [-0.2, 0) is 16.1 Å². The highest BCUT2D eigenvalue weighted by Crippen LogP contribution is 2.36. The SMILES string of the molecule is COc1ccc(-c2cc3nc(N4CCOCC4)nc(N4CC5CCC4CO5)c3cn2)cc1CO. The van der Waals surface area contributed by atoms with Crippen LogP contribution in [0.4, 0.5) is 11.8 Å². The molecular weight excluding hydrogens is 434 g/mol. The Balaban J connectivity index is 1.46. The molecule has 0 saturated carbocycles. The minimum atomic E-state index is -0.0995. The molecule has 4 aliphatic heterocycles. The third-order valence-electron chi connectivity index (χ3n) is 7.05. The first-order valence-electron chi connectivity index (χ1n) is 11.9. The number of anilines is 2. The van der Waals surface area contributed by atoms with Crippen molar-refractivity contribution < 1.29 is 19.3 Å². The number of aliphatic hydroxyl groups is 1. The van der Waals surface area contributed by atoms with E-state index in [0.29, 0.717) is 25.0 Å². The molecular formula is C25H29N5O4. The van der Waals surface area contributed by atoms with Crippen LogP contribution in [0.25, 0.3) is 22.2 Å². The monoisotopic (exact) mass is 463 g/mol. The van der Waals surface area contributed by atoms with Gasteiger partial charge in [0.05, 0.1) is 62.3 Å². The Morgan fingerprint density at radius 2 is 2.03 bits per heavy atom. The lowest BCUT2D eigenvalue weighted by atomic mass is 9.96. The fourth-order valence-corrected chi connectivity index (χ4v) is 5.15. The zero-order valence-corrected chi connectivity index (χ0v) is 19.3. The molecule has 2 bridgehead atoms. The fraction of sp³-hybridized carbons (Fsp3) is 0.480. The highest BCUT2D eigenvalue weighted by atomic mass is 16.5. The number of benzene rings is 1.